The number of nitrogens with one attached hydrogen (secondary N) is 2. The van der Waals surface area contributed by atoms with Gasteiger partial charge in [-0.05, 0) is 45.2 Å². The van der Waals surface area contributed by atoms with E-state index in [1.807, 2.05) is 6.92 Å². The Balaban J connectivity index is 2.16. The summed E-state index contributed by atoms with van der Waals surface area (Å²) in [5.74, 6) is 0.621. The maximum Gasteiger partial charge on any atom is 0.246 e. The summed E-state index contributed by atoms with van der Waals surface area (Å²) in [6.07, 6.45) is 3.26. The SMILES string of the molecule is CCCOCC(=O)NC(C)C1CCNCC1. The Morgan fingerprint density at radius 3 is 2.81 bits per heavy atom. The molecule has 1 amide bonds. The lowest BCUT2D eigenvalue weighted by molar-refractivity contribution is -0.126. The number of ether oxygens (including phenoxy) is 1. The molecule has 0 radical (unpaired) electrons. The van der Waals surface area contributed by atoms with Gasteiger partial charge in [0.05, 0.1) is 0 Å². The van der Waals surface area contributed by atoms with E-state index in [-0.39, 0.29) is 18.6 Å². The van der Waals surface area contributed by atoms with Gasteiger partial charge in [0, 0.05) is 12.6 Å². The third-order valence-corrected chi connectivity index (χ3v) is 3.06. The van der Waals surface area contributed by atoms with E-state index < -0.39 is 0 Å². The highest BCUT2D eigenvalue weighted by atomic mass is 16.5. The van der Waals surface area contributed by atoms with Gasteiger partial charge in [0.25, 0.3) is 0 Å². The summed E-state index contributed by atoms with van der Waals surface area (Å²) >= 11 is 0. The van der Waals surface area contributed by atoms with E-state index in [0.29, 0.717) is 12.5 Å². The minimum Gasteiger partial charge on any atom is -0.372 e. The van der Waals surface area contributed by atoms with Gasteiger partial charge in [0.15, 0.2) is 0 Å². The fraction of sp³-hybridized carbons (Fsp3) is 0.917. The smallest absolute Gasteiger partial charge is 0.246 e. The van der Waals surface area contributed by atoms with Gasteiger partial charge in [-0.25, -0.2) is 0 Å². The second kappa shape index (κ2) is 7.63. The van der Waals surface area contributed by atoms with Crippen molar-refractivity contribution in [3.8, 4) is 0 Å². The Morgan fingerprint density at radius 2 is 2.19 bits per heavy atom. The third kappa shape index (κ3) is 4.94. The van der Waals surface area contributed by atoms with Crippen molar-refractivity contribution in [1.29, 1.82) is 0 Å². The monoisotopic (exact) mass is 228 g/mol. The van der Waals surface area contributed by atoms with Crippen molar-refractivity contribution < 1.29 is 9.53 Å². The molecule has 0 spiro atoms. The highest BCUT2D eigenvalue weighted by Crippen LogP contribution is 2.15. The molecule has 0 aliphatic carbocycles. The molecule has 16 heavy (non-hydrogen) atoms. The summed E-state index contributed by atoms with van der Waals surface area (Å²) in [4.78, 5) is 11.5. The number of hydrogen-bond acceptors (Lipinski definition) is 3. The second-order valence-corrected chi connectivity index (χ2v) is 4.50. The quantitative estimate of drug-likeness (QED) is 0.665. The summed E-state index contributed by atoms with van der Waals surface area (Å²) in [7, 11) is 0. The van der Waals surface area contributed by atoms with Crippen LogP contribution >= 0.6 is 0 Å². The zero-order valence-electron chi connectivity index (χ0n) is 10.4. The molecule has 1 rings (SSSR count). The molecule has 4 heteroatoms. The maximum absolute atomic E-state index is 11.5. The van der Waals surface area contributed by atoms with E-state index in [1.54, 1.807) is 0 Å². The number of carbonyl (C=O) groups excluding carboxylic acids is 1. The number of rotatable bonds is 6. The predicted molar refractivity (Wildman–Crippen MR) is 64.3 cm³/mol. The van der Waals surface area contributed by atoms with E-state index in [4.69, 9.17) is 4.74 Å². The zero-order valence-corrected chi connectivity index (χ0v) is 10.4. The first-order valence-electron chi connectivity index (χ1n) is 6.32. The first kappa shape index (κ1) is 13.5. The van der Waals surface area contributed by atoms with Gasteiger partial charge >= 0.3 is 0 Å². The molecule has 94 valence electrons. The minimum absolute atomic E-state index is 0.0134. The van der Waals surface area contributed by atoms with Crippen LogP contribution in [0.3, 0.4) is 0 Å². The molecule has 0 aromatic rings. The van der Waals surface area contributed by atoms with E-state index >= 15 is 0 Å². The second-order valence-electron chi connectivity index (χ2n) is 4.50. The first-order valence-corrected chi connectivity index (χ1v) is 6.32. The maximum atomic E-state index is 11.5. The minimum atomic E-state index is 0.0134. The van der Waals surface area contributed by atoms with Crippen LogP contribution in [0.4, 0.5) is 0 Å². The highest BCUT2D eigenvalue weighted by Gasteiger charge is 2.20. The van der Waals surface area contributed by atoms with Crippen LogP contribution in [-0.2, 0) is 9.53 Å². The predicted octanol–water partition coefficient (Wildman–Crippen LogP) is 0.917. The van der Waals surface area contributed by atoms with Gasteiger partial charge in [-0.2, -0.15) is 0 Å². The molecule has 2 N–H and O–H groups in total. The van der Waals surface area contributed by atoms with E-state index in [0.717, 1.165) is 32.4 Å². The normalized spacial score (nSPS) is 19.4. The summed E-state index contributed by atoms with van der Waals surface area (Å²) in [6, 6.07) is 0.264. The third-order valence-electron chi connectivity index (χ3n) is 3.06. The average molecular weight is 228 g/mol. The van der Waals surface area contributed by atoms with Crippen LogP contribution < -0.4 is 10.6 Å². The molecule has 1 fully saturated rings. The zero-order chi connectivity index (χ0) is 11.8. The van der Waals surface area contributed by atoms with Crippen molar-refractivity contribution in [2.45, 2.75) is 39.2 Å². The lowest BCUT2D eigenvalue weighted by atomic mass is 9.91. The molecule has 1 atom stereocenters. The fourth-order valence-electron chi connectivity index (χ4n) is 2.07. The fourth-order valence-corrected chi connectivity index (χ4v) is 2.07. The van der Waals surface area contributed by atoms with Crippen LogP contribution in [-0.4, -0.2) is 38.3 Å². The molecule has 0 aromatic carbocycles. The summed E-state index contributed by atoms with van der Waals surface area (Å²) in [5.41, 5.74) is 0. The average Bonchev–Trinajstić information content (AvgIpc) is 2.30. The Bertz CT molecular complexity index is 203. The van der Waals surface area contributed by atoms with Crippen molar-refractivity contribution in [2.24, 2.45) is 5.92 Å². The lowest BCUT2D eigenvalue weighted by Gasteiger charge is -2.28. The molecule has 1 saturated heterocycles. The van der Waals surface area contributed by atoms with Crippen LogP contribution in [0.15, 0.2) is 0 Å². The van der Waals surface area contributed by atoms with Gasteiger partial charge in [-0.15, -0.1) is 0 Å². The number of hydrogen-bond donors (Lipinski definition) is 2. The van der Waals surface area contributed by atoms with Gasteiger partial charge in [-0.3, -0.25) is 4.79 Å². The molecule has 4 nitrogen and oxygen atoms in total. The van der Waals surface area contributed by atoms with E-state index in [2.05, 4.69) is 17.6 Å². The molecule has 1 aliphatic rings. The van der Waals surface area contributed by atoms with Crippen molar-refractivity contribution in [3.05, 3.63) is 0 Å². The van der Waals surface area contributed by atoms with Crippen LogP contribution in [0.25, 0.3) is 0 Å². The van der Waals surface area contributed by atoms with Gasteiger partial charge in [0.2, 0.25) is 5.91 Å². The molecule has 0 aromatic heterocycles. The highest BCUT2D eigenvalue weighted by molar-refractivity contribution is 5.77. The molecular formula is C12H24N2O2. The van der Waals surface area contributed by atoms with Crippen LogP contribution in [0.2, 0.25) is 0 Å². The largest absolute Gasteiger partial charge is 0.372 e. The lowest BCUT2D eigenvalue weighted by Crippen LogP contribution is -2.43. The van der Waals surface area contributed by atoms with Gasteiger partial charge < -0.3 is 15.4 Å². The van der Waals surface area contributed by atoms with Crippen molar-refractivity contribution in [1.82, 2.24) is 10.6 Å². The van der Waals surface area contributed by atoms with Gasteiger partial charge in [-0.1, -0.05) is 6.92 Å². The van der Waals surface area contributed by atoms with Crippen LogP contribution in [0, 0.1) is 5.92 Å². The standard InChI is InChI=1S/C12H24N2O2/c1-3-8-16-9-12(15)14-10(2)11-4-6-13-7-5-11/h10-11,13H,3-9H2,1-2H3,(H,14,15). The number of carbonyl (C=O) groups is 1. The molecular weight excluding hydrogens is 204 g/mol. The summed E-state index contributed by atoms with van der Waals surface area (Å²) < 4.78 is 5.21. The van der Waals surface area contributed by atoms with Crippen molar-refractivity contribution in [3.63, 3.8) is 0 Å². The molecule has 0 saturated carbocycles. The Hall–Kier alpha value is -0.610. The molecule has 1 unspecified atom stereocenters. The molecule has 1 aliphatic heterocycles. The van der Waals surface area contributed by atoms with Crippen LogP contribution in [0.1, 0.15) is 33.1 Å². The van der Waals surface area contributed by atoms with Gasteiger partial charge in [0.1, 0.15) is 6.61 Å². The summed E-state index contributed by atoms with van der Waals surface area (Å²) in [5, 5.41) is 6.34. The van der Waals surface area contributed by atoms with Crippen molar-refractivity contribution in [2.75, 3.05) is 26.3 Å². The molecule has 1 heterocycles. The van der Waals surface area contributed by atoms with Crippen molar-refractivity contribution >= 4 is 5.91 Å². The van der Waals surface area contributed by atoms with Crippen LogP contribution in [0.5, 0.6) is 0 Å². The number of amides is 1. The van der Waals surface area contributed by atoms with E-state index in [1.165, 1.54) is 0 Å². The Labute approximate surface area is 98.1 Å². The number of piperidine rings is 1. The summed E-state index contributed by atoms with van der Waals surface area (Å²) in [6.45, 7) is 7.12. The Morgan fingerprint density at radius 1 is 1.50 bits per heavy atom. The molecule has 0 bridgehead atoms. The Kier molecular flexibility index (Phi) is 6.42. The first-order chi connectivity index (χ1) is 7.74. The topological polar surface area (TPSA) is 50.4 Å². The van der Waals surface area contributed by atoms with E-state index in [9.17, 15) is 4.79 Å².